The molecule has 0 unspecified atom stereocenters. The molecule has 138 valence electrons. The molecule has 28 heavy (non-hydrogen) atoms. The highest BCUT2D eigenvalue weighted by Crippen LogP contribution is 2.21. The van der Waals surface area contributed by atoms with E-state index in [1.54, 1.807) is 23.8 Å². The van der Waals surface area contributed by atoms with Crippen molar-refractivity contribution in [1.29, 1.82) is 0 Å². The Balaban J connectivity index is 1.85. The number of hydrogen-bond donors (Lipinski definition) is 0. The number of rotatable bonds is 4. The average Bonchev–Trinajstić information content (AvgIpc) is 3.07. The lowest BCUT2D eigenvalue weighted by atomic mass is 10.0. The van der Waals surface area contributed by atoms with Gasteiger partial charge in [0, 0.05) is 11.1 Å². The Kier molecular flexibility index (Phi) is 4.68. The van der Waals surface area contributed by atoms with Crippen molar-refractivity contribution in [3.63, 3.8) is 0 Å². The van der Waals surface area contributed by atoms with E-state index in [4.69, 9.17) is 9.73 Å². The summed E-state index contributed by atoms with van der Waals surface area (Å²) in [6.07, 6.45) is 3.39. The van der Waals surface area contributed by atoms with E-state index in [0.717, 1.165) is 16.8 Å². The summed E-state index contributed by atoms with van der Waals surface area (Å²) in [6, 6.07) is 19.9. The van der Waals surface area contributed by atoms with Gasteiger partial charge in [0.1, 0.15) is 11.3 Å². The molecule has 0 amide bonds. The van der Waals surface area contributed by atoms with Crippen molar-refractivity contribution in [3.05, 3.63) is 95.4 Å². The number of ether oxygens (including phenoxy) is 1. The number of hydrogen-bond acceptors (Lipinski definition) is 5. The molecular formula is C22H18N4O2. The average molecular weight is 370 g/mol. The fourth-order valence-corrected chi connectivity index (χ4v) is 3.05. The van der Waals surface area contributed by atoms with Crippen molar-refractivity contribution in [3.8, 4) is 0 Å². The predicted octanol–water partition coefficient (Wildman–Crippen LogP) is 3.99. The lowest BCUT2D eigenvalue weighted by Gasteiger charge is -2.07. The number of carbonyl (C=O) groups excluding carboxylic acids is 1. The molecule has 0 aliphatic carbocycles. The molecule has 6 nitrogen and oxygen atoms in total. The van der Waals surface area contributed by atoms with Gasteiger partial charge in [-0.15, -0.1) is 0 Å². The van der Waals surface area contributed by atoms with Crippen LogP contribution in [0.4, 0.5) is 5.69 Å². The van der Waals surface area contributed by atoms with Gasteiger partial charge < -0.3 is 4.74 Å². The lowest BCUT2D eigenvalue weighted by molar-refractivity contribution is 0.0602. The summed E-state index contributed by atoms with van der Waals surface area (Å²) in [4.78, 5) is 21.2. The number of esters is 1. The number of methoxy groups -OCH3 is 1. The first-order chi connectivity index (χ1) is 13.7. The summed E-state index contributed by atoms with van der Waals surface area (Å²) in [5.41, 5.74) is 4.84. The minimum Gasteiger partial charge on any atom is -0.465 e. The molecule has 4 rings (SSSR count). The minimum absolute atomic E-state index is 0.365. The number of aromatic nitrogens is 3. The van der Waals surface area contributed by atoms with Crippen LogP contribution in [-0.4, -0.2) is 33.4 Å². The van der Waals surface area contributed by atoms with Gasteiger partial charge in [0.15, 0.2) is 5.65 Å². The Morgan fingerprint density at radius 1 is 1.00 bits per heavy atom. The molecule has 0 fully saturated rings. The molecular weight excluding hydrogens is 352 g/mol. The molecule has 6 heteroatoms. The van der Waals surface area contributed by atoms with Gasteiger partial charge in [0.25, 0.3) is 0 Å². The van der Waals surface area contributed by atoms with E-state index in [9.17, 15) is 4.79 Å². The third-order valence-electron chi connectivity index (χ3n) is 4.36. The molecule has 2 heterocycles. The normalized spacial score (nSPS) is 10.6. The second kappa shape index (κ2) is 7.44. The van der Waals surface area contributed by atoms with Gasteiger partial charge in [0.2, 0.25) is 0 Å². The van der Waals surface area contributed by atoms with Crippen LogP contribution in [0.15, 0.2) is 78.0 Å². The summed E-state index contributed by atoms with van der Waals surface area (Å²) in [5, 5.41) is 4.38. The first-order valence-corrected chi connectivity index (χ1v) is 8.80. The zero-order chi connectivity index (χ0) is 19.5. The van der Waals surface area contributed by atoms with Crippen LogP contribution in [0.2, 0.25) is 0 Å². The highest BCUT2D eigenvalue weighted by atomic mass is 16.5. The second-order valence-corrected chi connectivity index (χ2v) is 6.22. The molecule has 0 spiro atoms. The third kappa shape index (κ3) is 3.27. The van der Waals surface area contributed by atoms with E-state index < -0.39 is 5.97 Å². The maximum atomic E-state index is 12.0. The summed E-state index contributed by atoms with van der Waals surface area (Å²) in [5.74, 6) is -0.453. The molecule has 0 saturated heterocycles. The number of benzene rings is 2. The Morgan fingerprint density at radius 2 is 1.61 bits per heavy atom. The Morgan fingerprint density at radius 3 is 2.18 bits per heavy atom. The van der Waals surface area contributed by atoms with Gasteiger partial charge in [-0.25, -0.2) is 19.3 Å². The number of nitrogens with zero attached hydrogens (tertiary/aromatic N) is 4. The van der Waals surface area contributed by atoms with Gasteiger partial charge >= 0.3 is 5.97 Å². The van der Waals surface area contributed by atoms with E-state index in [0.29, 0.717) is 22.6 Å². The summed E-state index contributed by atoms with van der Waals surface area (Å²) >= 11 is 0. The molecule has 0 aliphatic rings. The topological polar surface area (TPSA) is 68.8 Å². The fraction of sp³-hybridized carbons (Fsp3) is 0.0909. The van der Waals surface area contributed by atoms with E-state index >= 15 is 0 Å². The number of fused-ring (bicyclic) bond motifs is 1. The minimum atomic E-state index is -0.453. The number of aliphatic imine (C=N–C) groups is 1. The van der Waals surface area contributed by atoms with Gasteiger partial charge in [0.05, 0.1) is 30.9 Å². The zero-order valence-corrected chi connectivity index (χ0v) is 15.5. The predicted molar refractivity (Wildman–Crippen MR) is 107 cm³/mol. The fourth-order valence-electron chi connectivity index (χ4n) is 3.05. The van der Waals surface area contributed by atoms with Crippen molar-refractivity contribution in [2.75, 3.05) is 7.11 Å². The Labute approximate surface area is 162 Å². The first-order valence-electron chi connectivity index (χ1n) is 8.80. The molecule has 0 atom stereocenters. The van der Waals surface area contributed by atoms with Crippen LogP contribution in [0.25, 0.3) is 5.65 Å². The monoisotopic (exact) mass is 370 g/mol. The quantitative estimate of drug-likeness (QED) is 0.402. The van der Waals surface area contributed by atoms with Crippen LogP contribution in [-0.2, 0) is 4.74 Å². The smallest absolute Gasteiger partial charge is 0.343 e. The second-order valence-electron chi connectivity index (χ2n) is 6.22. The van der Waals surface area contributed by atoms with Crippen LogP contribution in [0.1, 0.15) is 27.2 Å². The molecule has 2 aromatic heterocycles. The largest absolute Gasteiger partial charge is 0.465 e. The highest BCUT2D eigenvalue weighted by Gasteiger charge is 2.19. The van der Waals surface area contributed by atoms with Gasteiger partial charge in [-0.3, -0.25) is 0 Å². The van der Waals surface area contributed by atoms with Crippen LogP contribution < -0.4 is 0 Å². The standard InChI is InChI=1S/C22H18N4O2/c1-15-19(22(27)28-2)21-23-13-18(14-26(21)25-15)24-20(16-9-5-3-6-10-16)17-11-7-4-8-12-17/h3-14H,1-2H3. The Bertz CT molecular complexity index is 1120. The molecule has 0 bridgehead atoms. The highest BCUT2D eigenvalue weighted by molar-refractivity contribution is 6.13. The summed E-state index contributed by atoms with van der Waals surface area (Å²) < 4.78 is 6.40. The lowest BCUT2D eigenvalue weighted by Crippen LogP contribution is -2.04. The summed E-state index contributed by atoms with van der Waals surface area (Å²) in [6.45, 7) is 1.75. The SMILES string of the molecule is COC(=O)c1c(C)nn2cc(N=C(c3ccccc3)c3ccccc3)cnc12. The number of carbonyl (C=O) groups is 1. The van der Waals surface area contributed by atoms with Gasteiger partial charge in [-0.2, -0.15) is 5.10 Å². The molecule has 0 N–H and O–H groups in total. The molecule has 0 radical (unpaired) electrons. The van der Waals surface area contributed by atoms with Crippen molar-refractivity contribution in [1.82, 2.24) is 14.6 Å². The first kappa shape index (κ1) is 17.6. The van der Waals surface area contributed by atoms with Gasteiger partial charge in [-0.05, 0) is 6.92 Å². The third-order valence-corrected chi connectivity index (χ3v) is 4.36. The van der Waals surface area contributed by atoms with Crippen LogP contribution in [0, 0.1) is 6.92 Å². The number of aryl methyl sites for hydroxylation is 1. The van der Waals surface area contributed by atoms with E-state index in [2.05, 4.69) is 10.1 Å². The zero-order valence-electron chi connectivity index (χ0n) is 15.5. The van der Waals surface area contributed by atoms with Crippen LogP contribution in [0.5, 0.6) is 0 Å². The maximum Gasteiger partial charge on any atom is 0.343 e. The van der Waals surface area contributed by atoms with E-state index in [1.807, 2.05) is 60.7 Å². The van der Waals surface area contributed by atoms with Crippen molar-refractivity contribution < 1.29 is 9.53 Å². The van der Waals surface area contributed by atoms with E-state index in [-0.39, 0.29) is 0 Å². The molecule has 0 aliphatic heterocycles. The van der Waals surface area contributed by atoms with E-state index in [1.165, 1.54) is 7.11 Å². The molecule has 2 aromatic carbocycles. The molecule has 0 saturated carbocycles. The van der Waals surface area contributed by atoms with Crippen LogP contribution >= 0.6 is 0 Å². The van der Waals surface area contributed by atoms with Crippen molar-refractivity contribution in [2.24, 2.45) is 4.99 Å². The summed E-state index contributed by atoms with van der Waals surface area (Å²) in [7, 11) is 1.34. The Hall–Kier alpha value is -3.80. The van der Waals surface area contributed by atoms with Crippen LogP contribution in [0.3, 0.4) is 0 Å². The van der Waals surface area contributed by atoms with Crippen molar-refractivity contribution in [2.45, 2.75) is 6.92 Å². The van der Waals surface area contributed by atoms with Gasteiger partial charge in [-0.1, -0.05) is 60.7 Å². The molecule has 4 aromatic rings. The van der Waals surface area contributed by atoms with Crippen molar-refractivity contribution >= 4 is 23.0 Å². The maximum absolute atomic E-state index is 12.0.